The summed E-state index contributed by atoms with van der Waals surface area (Å²) >= 11 is 0. The average molecular weight is 246 g/mol. The van der Waals surface area contributed by atoms with Crippen molar-refractivity contribution in [2.24, 2.45) is 0 Å². The van der Waals surface area contributed by atoms with Crippen LogP contribution in [-0.4, -0.2) is 49.4 Å². The molecule has 0 spiro atoms. The summed E-state index contributed by atoms with van der Waals surface area (Å²) in [6.45, 7) is 3.09. The molecule has 3 nitrogen and oxygen atoms in total. The van der Waals surface area contributed by atoms with Gasteiger partial charge in [-0.25, -0.2) is 0 Å². The number of benzene rings is 1. The number of carbonyl (C=O) groups excluding carboxylic acids is 1. The fourth-order valence-corrected chi connectivity index (χ4v) is 2.51. The van der Waals surface area contributed by atoms with Gasteiger partial charge in [0.05, 0.1) is 0 Å². The van der Waals surface area contributed by atoms with E-state index in [0.717, 1.165) is 19.6 Å². The third-order valence-electron chi connectivity index (χ3n) is 3.68. The molecule has 0 unspecified atom stereocenters. The van der Waals surface area contributed by atoms with Gasteiger partial charge >= 0.3 is 0 Å². The summed E-state index contributed by atoms with van der Waals surface area (Å²) in [7, 11) is 3.64. The molecule has 1 fully saturated rings. The number of nitrogens with zero attached hydrogens (tertiary/aromatic N) is 2. The minimum Gasteiger partial charge on any atom is -0.349 e. The summed E-state index contributed by atoms with van der Waals surface area (Å²) in [6, 6.07) is 10.7. The Labute approximate surface area is 109 Å². The van der Waals surface area contributed by atoms with Crippen molar-refractivity contribution in [2.75, 3.05) is 33.7 Å². The van der Waals surface area contributed by atoms with Crippen molar-refractivity contribution in [2.45, 2.75) is 18.8 Å². The quantitative estimate of drug-likeness (QED) is 0.811. The first-order valence-electron chi connectivity index (χ1n) is 6.64. The van der Waals surface area contributed by atoms with Gasteiger partial charge in [-0.1, -0.05) is 30.3 Å². The third-order valence-corrected chi connectivity index (χ3v) is 3.68. The number of hydrogen-bond donors (Lipinski definition) is 0. The van der Waals surface area contributed by atoms with E-state index in [2.05, 4.69) is 35.2 Å². The molecule has 1 amide bonds. The van der Waals surface area contributed by atoms with Gasteiger partial charge in [0, 0.05) is 33.6 Å². The Hall–Kier alpha value is -1.35. The minimum absolute atomic E-state index is 0.221. The van der Waals surface area contributed by atoms with Crippen molar-refractivity contribution < 1.29 is 4.79 Å². The van der Waals surface area contributed by atoms with E-state index in [0.29, 0.717) is 12.3 Å². The monoisotopic (exact) mass is 246 g/mol. The zero-order valence-electron chi connectivity index (χ0n) is 11.3. The van der Waals surface area contributed by atoms with Crippen LogP contribution in [0.15, 0.2) is 30.3 Å². The van der Waals surface area contributed by atoms with Crippen molar-refractivity contribution in [3.8, 4) is 0 Å². The predicted molar refractivity (Wildman–Crippen MR) is 73.6 cm³/mol. The van der Waals surface area contributed by atoms with Gasteiger partial charge < -0.3 is 9.80 Å². The largest absolute Gasteiger partial charge is 0.349 e. The van der Waals surface area contributed by atoms with Crippen LogP contribution in [0.5, 0.6) is 0 Å². The Morgan fingerprint density at radius 3 is 2.72 bits per heavy atom. The Morgan fingerprint density at radius 2 is 2.06 bits per heavy atom. The van der Waals surface area contributed by atoms with Crippen LogP contribution in [0.1, 0.15) is 24.3 Å². The van der Waals surface area contributed by atoms with Crippen LogP contribution >= 0.6 is 0 Å². The molecule has 0 aliphatic carbocycles. The van der Waals surface area contributed by atoms with E-state index >= 15 is 0 Å². The highest BCUT2D eigenvalue weighted by atomic mass is 16.2. The first-order valence-corrected chi connectivity index (χ1v) is 6.64. The molecule has 0 N–H and O–H groups in total. The van der Waals surface area contributed by atoms with E-state index in [1.54, 1.807) is 4.90 Å². The second-order valence-corrected chi connectivity index (χ2v) is 5.24. The molecular weight excluding hydrogens is 224 g/mol. The predicted octanol–water partition coefficient (Wildman–Crippen LogP) is 1.95. The number of hydrogen-bond acceptors (Lipinski definition) is 2. The van der Waals surface area contributed by atoms with Gasteiger partial charge in [-0.2, -0.15) is 0 Å². The molecule has 1 aromatic carbocycles. The van der Waals surface area contributed by atoms with E-state index in [4.69, 9.17) is 0 Å². The first kappa shape index (κ1) is 13.1. The zero-order chi connectivity index (χ0) is 13.0. The molecule has 2 rings (SSSR count). The topological polar surface area (TPSA) is 23.6 Å². The summed E-state index contributed by atoms with van der Waals surface area (Å²) in [4.78, 5) is 15.6. The third kappa shape index (κ3) is 3.33. The molecule has 0 radical (unpaired) electrons. The summed E-state index contributed by atoms with van der Waals surface area (Å²) in [5, 5.41) is 0. The van der Waals surface area contributed by atoms with Crippen molar-refractivity contribution >= 4 is 5.91 Å². The SMILES string of the molecule is CN(C)C(=O)CCN1CC[C@@H](c2ccccc2)C1. The minimum atomic E-state index is 0.221. The van der Waals surface area contributed by atoms with Gasteiger partial charge in [-0.05, 0) is 24.4 Å². The molecule has 98 valence electrons. The summed E-state index contributed by atoms with van der Waals surface area (Å²) in [5.74, 6) is 0.860. The zero-order valence-corrected chi connectivity index (χ0v) is 11.3. The van der Waals surface area contributed by atoms with Crippen LogP contribution in [-0.2, 0) is 4.79 Å². The molecule has 1 aromatic rings. The molecule has 1 heterocycles. The van der Waals surface area contributed by atoms with Gasteiger partial charge in [0.2, 0.25) is 5.91 Å². The second kappa shape index (κ2) is 6.01. The molecule has 0 aromatic heterocycles. The Bertz CT molecular complexity index is 389. The van der Waals surface area contributed by atoms with Gasteiger partial charge in [0.25, 0.3) is 0 Å². The van der Waals surface area contributed by atoms with Gasteiger partial charge in [-0.3, -0.25) is 4.79 Å². The van der Waals surface area contributed by atoms with E-state index in [-0.39, 0.29) is 5.91 Å². The van der Waals surface area contributed by atoms with E-state index in [1.165, 1.54) is 12.0 Å². The average Bonchev–Trinajstić information content (AvgIpc) is 2.85. The Morgan fingerprint density at radius 1 is 1.33 bits per heavy atom. The number of rotatable bonds is 4. The number of amides is 1. The second-order valence-electron chi connectivity index (χ2n) is 5.24. The molecule has 18 heavy (non-hydrogen) atoms. The standard InChI is InChI=1S/C15H22N2O/c1-16(2)15(18)9-11-17-10-8-14(12-17)13-6-4-3-5-7-13/h3-7,14H,8-12H2,1-2H3/t14-/m1/s1. The van der Waals surface area contributed by atoms with E-state index < -0.39 is 0 Å². The lowest BCUT2D eigenvalue weighted by atomic mass is 9.99. The normalized spacial score (nSPS) is 20.0. The van der Waals surface area contributed by atoms with Crippen LogP contribution in [0.4, 0.5) is 0 Å². The smallest absolute Gasteiger partial charge is 0.223 e. The lowest BCUT2D eigenvalue weighted by Gasteiger charge is -2.17. The molecule has 0 bridgehead atoms. The number of carbonyl (C=O) groups is 1. The summed E-state index contributed by atoms with van der Waals surface area (Å²) < 4.78 is 0. The van der Waals surface area contributed by atoms with Crippen molar-refractivity contribution in [3.05, 3.63) is 35.9 Å². The highest BCUT2D eigenvalue weighted by molar-refractivity contribution is 5.75. The summed E-state index contributed by atoms with van der Waals surface area (Å²) in [6.07, 6.45) is 1.84. The van der Waals surface area contributed by atoms with Crippen LogP contribution < -0.4 is 0 Å². The van der Waals surface area contributed by atoms with E-state index in [9.17, 15) is 4.79 Å². The molecule has 0 saturated carbocycles. The molecular formula is C15H22N2O. The molecule has 1 aliphatic heterocycles. The molecule has 3 heteroatoms. The lowest BCUT2D eigenvalue weighted by Crippen LogP contribution is -2.29. The van der Waals surface area contributed by atoms with Gasteiger partial charge in [-0.15, -0.1) is 0 Å². The molecule has 1 atom stereocenters. The van der Waals surface area contributed by atoms with Crippen LogP contribution in [0.2, 0.25) is 0 Å². The maximum Gasteiger partial charge on any atom is 0.223 e. The maximum absolute atomic E-state index is 11.6. The molecule has 1 saturated heterocycles. The fourth-order valence-electron chi connectivity index (χ4n) is 2.51. The highest BCUT2D eigenvalue weighted by Gasteiger charge is 2.23. The van der Waals surface area contributed by atoms with Crippen LogP contribution in [0.25, 0.3) is 0 Å². The van der Waals surface area contributed by atoms with Crippen LogP contribution in [0.3, 0.4) is 0 Å². The lowest BCUT2D eigenvalue weighted by molar-refractivity contribution is -0.128. The van der Waals surface area contributed by atoms with E-state index in [1.807, 2.05) is 14.1 Å². The van der Waals surface area contributed by atoms with Crippen molar-refractivity contribution in [1.82, 2.24) is 9.80 Å². The highest BCUT2D eigenvalue weighted by Crippen LogP contribution is 2.26. The van der Waals surface area contributed by atoms with Gasteiger partial charge in [0.15, 0.2) is 0 Å². The maximum atomic E-state index is 11.6. The fraction of sp³-hybridized carbons (Fsp3) is 0.533. The number of likely N-dealkylation sites (tertiary alicyclic amines) is 1. The summed E-state index contributed by atoms with van der Waals surface area (Å²) in [5.41, 5.74) is 1.43. The van der Waals surface area contributed by atoms with Crippen LogP contribution in [0, 0.1) is 0 Å². The first-order chi connectivity index (χ1) is 8.66. The van der Waals surface area contributed by atoms with Crippen molar-refractivity contribution in [3.63, 3.8) is 0 Å². The van der Waals surface area contributed by atoms with Crippen molar-refractivity contribution in [1.29, 1.82) is 0 Å². The Kier molecular flexibility index (Phi) is 4.37. The van der Waals surface area contributed by atoms with Gasteiger partial charge in [0.1, 0.15) is 0 Å². The Balaban J connectivity index is 1.80. The molecule has 1 aliphatic rings.